The molecule has 0 aromatic carbocycles. The minimum absolute atomic E-state index is 0.114. The number of hydrogen-bond donors (Lipinski definition) is 2. The van der Waals surface area contributed by atoms with Gasteiger partial charge in [-0.1, -0.05) is 0 Å². The van der Waals surface area contributed by atoms with Crippen LogP contribution in [0.15, 0.2) is 0 Å². The SMILES string of the molecule is CCN(CCO)C(=O)N(C)C1COCC1C(=O)O. The van der Waals surface area contributed by atoms with Gasteiger partial charge in [0.15, 0.2) is 0 Å². The Labute approximate surface area is 106 Å². The van der Waals surface area contributed by atoms with Crippen LogP contribution in [0.3, 0.4) is 0 Å². The van der Waals surface area contributed by atoms with Crippen molar-refractivity contribution in [1.29, 1.82) is 0 Å². The third-order valence-corrected chi connectivity index (χ3v) is 3.19. The van der Waals surface area contributed by atoms with Gasteiger partial charge in [0, 0.05) is 20.1 Å². The van der Waals surface area contributed by atoms with E-state index in [0.717, 1.165) is 0 Å². The molecule has 2 amide bonds. The molecule has 1 rings (SSSR count). The lowest BCUT2D eigenvalue weighted by atomic mass is 10.0. The average Bonchev–Trinajstić information content (AvgIpc) is 2.83. The summed E-state index contributed by atoms with van der Waals surface area (Å²) in [5, 5.41) is 17.9. The molecule has 1 heterocycles. The van der Waals surface area contributed by atoms with Gasteiger partial charge in [0.25, 0.3) is 0 Å². The highest BCUT2D eigenvalue weighted by Crippen LogP contribution is 2.20. The molecule has 0 aromatic heterocycles. The van der Waals surface area contributed by atoms with Gasteiger partial charge in [-0.05, 0) is 6.92 Å². The number of amides is 2. The molecule has 2 N–H and O–H groups in total. The summed E-state index contributed by atoms with van der Waals surface area (Å²) in [5.41, 5.74) is 0. The first-order valence-corrected chi connectivity index (χ1v) is 5.96. The number of urea groups is 1. The van der Waals surface area contributed by atoms with E-state index in [-0.39, 0.29) is 32.4 Å². The van der Waals surface area contributed by atoms with Crippen LogP contribution in [0.25, 0.3) is 0 Å². The fourth-order valence-electron chi connectivity index (χ4n) is 2.04. The van der Waals surface area contributed by atoms with Gasteiger partial charge < -0.3 is 24.7 Å². The monoisotopic (exact) mass is 260 g/mol. The van der Waals surface area contributed by atoms with E-state index in [1.54, 1.807) is 14.0 Å². The Hall–Kier alpha value is -1.34. The first-order valence-electron chi connectivity index (χ1n) is 5.96. The van der Waals surface area contributed by atoms with Gasteiger partial charge >= 0.3 is 12.0 Å². The quantitative estimate of drug-likeness (QED) is 0.692. The van der Waals surface area contributed by atoms with E-state index < -0.39 is 17.9 Å². The second kappa shape index (κ2) is 6.55. The number of ether oxygens (including phenoxy) is 1. The molecule has 7 heteroatoms. The van der Waals surface area contributed by atoms with Crippen LogP contribution in [-0.2, 0) is 9.53 Å². The fourth-order valence-corrected chi connectivity index (χ4v) is 2.04. The molecule has 1 saturated heterocycles. The number of aliphatic hydroxyl groups is 1. The number of aliphatic hydroxyl groups excluding tert-OH is 1. The van der Waals surface area contributed by atoms with Crippen molar-refractivity contribution in [1.82, 2.24) is 9.80 Å². The first-order chi connectivity index (χ1) is 8.52. The lowest BCUT2D eigenvalue weighted by Gasteiger charge is -2.31. The van der Waals surface area contributed by atoms with Gasteiger partial charge in [0.1, 0.15) is 5.92 Å². The number of carboxylic acids is 1. The molecule has 1 fully saturated rings. The van der Waals surface area contributed by atoms with Gasteiger partial charge in [0.05, 0.1) is 25.9 Å². The number of carboxylic acid groups (broad SMARTS) is 1. The van der Waals surface area contributed by atoms with Crippen molar-refractivity contribution >= 4 is 12.0 Å². The van der Waals surface area contributed by atoms with E-state index in [9.17, 15) is 9.59 Å². The molecule has 2 atom stereocenters. The first kappa shape index (κ1) is 14.7. The fraction of sp³-hybridized carbons (Fsp3) is 0.818. The van der Waals surface area contributed by atoms with Gasteiger partial charge in [-0.2, -0.15) is 0 Å². The van der Waals surface area contributed by atoms with Gasteiger partial charge in [-0.25, -0.2) is 4.79 Å². The Kier molecular flexibility index (Phi) is 5.36. The van der Waals surface area contributed by atoms with Crippen LogP contribution in [0.4, 0.5) is 4.79 Å². The van der Waals surface area contributed by atoms with Crippen LogP contribution >= 0.6 is 0 Å². The maximum atomic E-state index is 12.1. The highest BCUT2D eigenvalue weighted by Gasteiger charge is 2.39. The molecule has 7 nitrogen and oxygen atoms in total. The van der Waals surface area contributed by atoms with Crippen molar-refractivity contribution in [2.75, 3.05) is 40.0 Å². The third-order valence-electron chi connectivity index (χ3n) is 3.19. The molecule has 0 aliphatic carbocycles. The highest BCUT2D eigenvalue weighted by molar-refractivity contribution is 5.77. The molecule has 0 radical (unpaired) electrons. The summed E-state index contributed by atoms with van der Waals surface area (Å²) in [4.78, 5) is 26.0. The largest absolute Gasteiger partial charge is 0.481 e. The minimum Gasteiger partial charge on any atom is -0.481 e. The standard InChI is InChI=1S/C11H20N2O5/c1-3-13(4-5-14)11(17)12(2)9-7-18-6-8(9)10(15)16/h8-9,14H,3-7H2,1-2H3,(H,15,16). The normalized spacial score (nSPS) is 22.8. The minimum atomic E-state index is -0.956. The number of rotatable bonds is 5. The van der Waals surface area contributed by atoms with Crippen molar-refractivity contribution in [3.63, 3.8) is 0 Å². The second-order valence-corrected chi connectivity index (χ2v) is 4.25. The summed E-state index contributed by atoms with van der Waals surface area (Å²) >= 11 is 0. The van der Waals surface area contributed by atoms with Crippen molar-refractivity contribution in [3.8, 4) is 0 Å². The van der Waals surface area contributed by atoms with E-state index in [2.05, 4.69) is 0 Å². The van der Waals surface area contributed by atoms with Crippen molar-refractivity contribution in [3.05, 3.63) is 0 Å². The van der Waals surface area contributed by atoms with Crippen LogP contribution in [0.5, 0.6) is 0 Å². The van der Waals surface area contributed by atoms with Gasteiger partial charge in [0.2, 0.25) is 0 Å². The van der Waals surface area contributed by atoms with Crippen molar-refractivity contribution in [2.24, 2.45) is 5.92 Å². The summed E-state index contributed by atoms with van der Waals surface area (Å²) < 4.78 is 5.13. The predicted molar refractivity (Wildman–Crippen MR) is 63.2 cm³/mol. The van der Waals surface area contributed by atoms with Gasteiger partial charge in [-0.15, -0.1) is 0 Å². The van der Waals surface area contributed by atoms with E-state index >= 15 is 0 Å². The Bertz CT molecular complexity index is 310. The van der Waals surface area contributed by atoms with E-state index in [4.69, 9.17) is 14.9 Å². The zero-order chi connectivity index (χ0) is 13.7. The number of carbonyl (C=O) groups is 2. The number of nitrogens with zero attached hydrogens (tertiary/aromatic N) is 2. The number of carbonyl (C=O) groups excluding carboxylic acids is 1. The third kappa shape index (κ3) is 3.11. The molecular formula is C11H20N2O5. The van der Waals surface area contributed by atoms with Crippen LogP contribution in [0.2, 0.25) is 0 Å². The summed E-state index contributed by atoms with van der Waals surface area (Å²) in [6.07, 6.45) is 0. The summed E-state index contributed by atoms with van der Waals surface area (Å²) in [6.45, 7) is 2.76. The van der Waals surface area contributed by atoms with Crippen molar-refractivity contribution in [2.45, 2.75) is 13.0 Å². The zero-order valence-electron chi connectivity index (χ0n) is 10.7. The Morgan fingerprint density at radius 2 is 2.06 bits per heavy atom. The van der Waals surface area contributed by atoms with Crippen LogP contribution in [-0.4, -0.2) is 78.0 Å². The molecule has 104 valence electrons. The van der Waals surface area contributed by atoms with Crippen molar-refractivity contribution < 1.29 is 24.5 Å². The summed E-state index contributed by atoms with van der Waals surface area (Å²) in [7, 11) is 1.57. The van der Waals surface area contributed by atoms with Crippen LogP contribution < -0.4 is 0 Å². The summed E-state index contributed by atoms with van der Waals surface area (Å²) in [5.74, 6) is -1.64. The van der Waals surface area contributed by atoms with E-state index in [1.165, 1.54) is 9.80 Å². The lowest BCUT2D eigenvalue weighted by molar-refractivity contribution is -0.142. The molecular weight excluding hydrogens is 240 g/mol. The maximum absolute atomic E-state index is 12.1. The van der Waals surface area contributed by atoms with Crippen LogP contribution in [0.1, 0.15) is 6.92 Å². The number of likely N-dealkylation sites (N-methyl/N-ethyl adjacent to an activating group) is 2. The molecule has 18 heavy (non-hydrogen) atoms. The topological polar surface area (TPSA) is 90.3 Å². The second-order valence-electron chi connectivity index (χ2n) is 4.25. The highest BCUT2D eigenvalue weighted by atomic mass is 16.5. The maximum Gasteiger partial charge on any atom is 0.320 e. The molecule has 1 aliphatic rings. The number of aliphatic carboxylic acids is 1. The predicted octanol–water partition coefficient (Wildman–Crippen LogP) is -0.548. The number of hydrogen-bond acceptors (Lipinski definition) is 4. The van der Waals surface area contributed by atoms with Crippen LogP contribution in [0, 0.1) is 5.92 Å². The van der Waals surface area contributed by atoms with E-state index in [1.807, 2.05) is 0 Å². The Balaban J connectivity index is 2.70. The molecule has 0 saturated carbocycles. The molecule has 2 unspecified atom stereocenters. The molecule has 0 aromatic rings. The van der Waals surface area contributed by atoms with Gasteiger partial charge in [-0.3, -0.25) is 4.79 Å². The zero-order valence-corrected chi connectivity index (χ0v) is 10.7. The van der Waals surface area contributed by atoms with E-state index in [0.29, 0.717) is 6.54 Å². The summed E-state index contributed by atoms with van der Waals surface area (Å²) in [6, 6.07) is -0.740. The molecule has 1 aliphatic heterocycles. The lowest BCUT2D eigenvalue weighted by Crippen LogP contribution is -2.50. The molecule has 0 spiro atoms. The average molecular weight is 260 g/mol. The Morgan fingerprint density at radius 1 is 1.39 bits per heavy atom. The molecule has 0 bridgehead atoms. The smallest absolute Gasteiger partial charge is 0.320 e. The Morgan fingerprint density at radius 3 is 2.56 bits per heavy atom.